The van der Waals surface area contributed by atoms with Gasteiger partial charge in [0.15, 0.2) is 0 Å². The lowest BCUT2D eigenvalue weighted by atomic mass is 9.80. The summed E-state index contributed by atoms with van der Waals surface area (Å²) in [6, 6.07) is 2.45. The van der Waals surface area contributed by atoms with Gasteiger partial charge in [-0.25, -0.2) is 13.6 Å². The summed E-state index contributed by atoms with van der Waals surface area (Å²) in [6.45, 7) is 1.52. The van der Waals surface area contributed by atoms with E-state index in [2.05, 4.69) is 10.6 Å². The van der Waals surface area contributed by atoms with Crippen LogP contribution in [-0.2, 0) is 10.3 Å². The maximum atomic E-state index is 13.7. The zero-order valence-corrected chi connectivity index (χ0v) is 13.3. The highest BCUT2D eigenvalue weighted by molar-refractivity contribution is 5.74. The Balaban J connectivity index is 1.87. The lowest BCUT2D eigenvalue weighted by Gasteiger charge is -2.40. The van der Waals surface area contributed by atoms with Crippen LogP contribution in [-0.4, -0.2) is 36.9 Å². The van der Waals surface area contributed by atoms with Gasteiger partial charge >= 0.3 is 6.03 Å². The maximum Gasteiger partial charge on any atom is 0.315 e. The quantitative estimate of drug-likeness (QED) is 0.748. The molecule has 2 amide bonds. The van der Waals surface area contributed by atoms with Gasteiger partial charge in [0.05, 0.1) is 12.1 Å². The summed E-state index contributed by atoms with van der Waals surface area (Å²) >= 11 is 0. The minimum Gasteiger partial charge on any atom is -0.383 e. The number of methoxy groups -OCH3 is 1. The topological polar surface area (TPSA) is 70.6 Å². The number of hydrogen-bond donors (Lipinski definition) is 3. The minimum atomic E-state index is -1.65. The maximum absolute atomic E-state index is 13.7. The molecule has 1 unspecified atom stereocenters. The molecule has 0 aromatic heterocycles. The summed E-state index contributed by atoms with van der Waals surface area (Å²) in [5, 5.41) is 15.5. The van der Waals surface area contributed by atoms with Crippen molar-refractivity contribution in [1.29, 1.82) is 0 Å². The molecule has 5 nitrogen and oxygen atoms in total. The van der Waals surface area contributed by atoms with Crippen LogP contribution in [0, 0.1) is 11.6 Å². The predicted molar refractivity (Wildman–Crippen MR) is 80.9 cm³/mol. The number of ether oxygens (including phenoxy) is 1. The second-order valence-corrected chi connectivity index (χ2v) is 6.17. The van der Waals surface area contributed by atoms with Crippen LogP contribution in [0.4, 0.5) is 13.6 Å². The average Bonchev–Trinajstić information content (AvgIpc) is 2.44. The molecule has 1 atom stereocenters. The number of urea groups is 1. The fourth-order valence-corrected chi connectivity index (χ4v) is 2.60. The average molecular weight is 328 g/mol. The number of carbonyl (C=O) groups is 1. The second kappa shape index (κ2) is 6.80. The van der Waals surface area contributed by atoms with Gasteiger partial charge in [0, 0.05) is 25.3 Å². The molecule has 1 aliphatic carbocycles. The van der Waals surface area contributed by atoms with Crippen molar-refractivity contribution < 1.29 is 23.4 Å². The Bertz CT molecular complexity index is 569. The first-order chi connectivity index (χ1) is 10.8. The molecule has 0 aliphatic heterocycles. The number of rotatable bonds is 6. The van der Waals surface area contributed by atoms with E-state index < -0.39 is 23.3 Å². The Kier molecular flexibility index (Phi) is 5.21. The fraction of sp³-hybridized carbons (Fsp3) is 0.562. The van der Waals surface area contributed by atoms with Crippen LogP contribution in [0.25, 0.3) is 0 Å². The molecule has 128 valence electrons. The van der Waals surface area contributed by atoms with Gasteiger partial charge in [-0.3, -0.25) is 0 Å². The van der Waals surface area contributed by atoms with Crippen LogP contribution in [0.1, 0.15) is 31.7 Å². The third-order valence-electron chi connectivity index (χ3n) is 4.37. The van der Waals surface area contributed by atoms with E-state index in [1.165, 1.54) is 13.0 Å². The molecule has 0 spiro atoms. The van der Waals surface area contributed by atoms with Gasteiger partial charge in [-0.15, -0.1) is 0 Å². The van der Waals surface area contributed by atoms with E-state index in [4.69, 9.17) is 4.74 Å². The summed E-state index contributed by atoms with van der Waals surface area (Å²) in [5.41, 5.74) is -2.03. The van der Waals surface area contributed by atoms with Crippen molar-refractivity contribution >= 4 is 6.03 Å². The standard InChI is InChI=1S/C16H22F2N2O3/c1-15(22,12-5-4-11(17)8-13(12)18)9-19-14(21)20-10-16(23-2)6-3-7-16/h4-5,8,22H,3,6-7,9-10H2,1-2H3,(H2,19,20,21). The Hall–Kier alpha value is -1.73. The van der Waals surface area contributed by atoms with Gasteiger partial charge in [0.2, 0.25) is 0 Å². The molecule has 3 N–H and O–H groups in total. The molecule has 0 saturated heterocycles. The number of hydrogen-bond acceptors (Lipinski definition) is 3. The molecule has 1 aromatic carbocycles. The van der Waals surface area contributed by atoms with Crippen LogP contribution < -0.4 is 10.6 Å². The monoisotopic (exact) mass is 328 g/mol. The van der Waals surface area contributed by atoms with Gasteiger partial charge in [-0.05, 0) is 32.3 Å². The normalized spacial score (nSPS) is 18.7. The Morgan fingerprint density at radius 1 is 1.39 bits per heavy atom. The molecule has 7 heteroatoms. The largest absolute Gasteiger partial charge is 0.383 e. The van der Waals surface area contributed by atoms with E-state index in [1.54, 1.807) is 7.11 Å². The first kappa shape index (κ1) is 17.6. The first-order valence-electron chi connectivity index (χ1n) is 7.53. The molecule has 1 aliphatic rings. The highest BCUT2D eigenvalue weighted by Crippen LogP contribution is 2.34. The van der Waals surface area contributed by atoms with Crippen molar-refractivity contribution in [2.45, 2.75) is 37.4 Å². The summed E-state index contributed by atoms with van der Waals surface area (Å²) in [7, 11) is 1.61. The van der Waals surface area contributed by atoms with Gasteiger partial charge < -0.3 is 20.5 Å². The summed E-state index contributed by atoms with van der Waals surface area (Å²) in [6.07, 6.45) is 2.85. The minimum absolute atomic E-state index is 0.0773. The molecule has 0 radical (unpaired) electrons. The number of halogens is 2. The number of carbonyl (C=O) groups excluding carboxylic acids is 1. The van der Waals surface area contributed by atoms with Crippen molar-refractivity contribution in [2.24, 2.45) is 0 Å². The van der Waals surface area contributed by atoms with Crippen LogP contribution in [0.3, 0.4) is 0 Å². The zero-order valence-electron chi connectivity index (χ0n) is 13.3. The van der Waals surface area contributed by atoms with E-state index in [0.717, 1.165) is 25.3 Å². The Morgan fingerprint density at radius 2 is 2.09 bits per heavy atom. The van der Waals surface area contributed by atoms with Crippen molar-refractivity contribution in [2.75, 3.05) is 20.2 Å². The van der Waals surface area contributed by atoms with E-state index in [9.17, 15) is 18.7 Å². The molecular formula is C16H22F2N2O3. The molecule has 1 saturated carbocycles. The molecule has 23 heavy (non-hydrogen) atoms. The number of nitrogens with one attached hydrogen (secondary N) is 2. The van der Waals surface area contributed by atoms with Crippen molar-refractivity contribution in [3.05, 3.63) is 35.4 Å². The highest BCUT2D eigenvalue weighted by atomic mass is 19.1. The van der Waals surface area contributed by atoms with E-state index >= 15 is 0 Å². The third-order valence-corrected chi connectivity index (χ3v) is 4.37. The summed E-state index contributed by atoms with van der Waals surface area (Å²) in [5.74, 6) is -1.58. The van der Waals surface area contributed by atoms with Crippen LogP contribution in [0.15, 0.2) is 18.2 Å². The fourth-order valence-electron chi connectivity index (χ4n) is 2.60. The van der Waals surface area contributed by atoms with Crippen molar-refractivity contribution in [3.63, 3.8) is 0 Å². The van der Waals surface area contributed by atoms with Gasteiger partial charge in [-0.2, -0.15) is 0 Å². The van der Waals surface area contributed by atoms with Crippen LogP contribution in [0.5, 0.6) is 0 Å². The lowest BCUT2D eigenvalue weighted by Crippen LogP contribution is -2.52. The smallest absolute Gasteiger partial charge is 0.315 e. The van der Waals surface area contributed by atoms with E-state index in [0.29, 0.717) is 12.6 Å². The summed E-state index contributed by atoms with van der Waals surface area (Å²) in [4.78, 5) is 11.8. The van der Waals surface area contributed by atoms with Crippen LogP contribution in [0.2, 0.25) is 0 Å². The van der Waals surface area contributed by atoms with Gasteiger partial charge in [-0.1, -0.05) is 6.07 Å². The molecule has 0 bridgehead atoms. The second-order valence-electron chi connectivity index (χ2n) is 6.17. The third kappa shape index (κ3) is 4.17. The van der Waals surface area contributed by atoms with E-state index in [-0.39, 0.29) is 17.7 Å². The Labute approximate surface area is 134 Å². The first-order valence-corrected chi connectivity index (χ1v) is 7.53. The van der Waals surface area contributed by atoms with Gasteiger partial charge in [0.1, 0.15) is 17.2 Å². The molecule has 2 rings (SSSR count). The van der Waals surface area contributed by atoms with Gasteiger partial charge in [0.25, 0.3) is 0 Å². The van der Waals surface area contributed by atoms with Crippen molar-refractivity contribution in [1.82, 2.24) is 10.6 Å². The predicted octanol–water partition coefficient (Wildman–Crippen LogP) is 2.04. The molecular weight excluding hydrogens is 306 g/mol. The summed E-state index contributed by atoms with van der Waals surface area (Å²) < 4.78 is 32.0. The molecule has 0 heterocycles. The molecule has 1 aromatic rings. The number of aliphatic hydroxyl groups is 1. The highest BCUT2D eigenvalue weighted by Gasteiger charge is 2.37. The number of amides is 2. The Morgan fingerprint density at radius 3 is 2.61 bits per heavy atom. The lowest BCUT2D eigenvalue weighted by molar-refractivity contribution is -0.0674. The zero-order chi connectivity index (χ0) is 17.1. The van der Waals surface area contributed by atoms with Crippen LogP contribution >= 0.6 is 0 Å². The molecule has 1 fully saturated rings. The van der Waals surface area contributed by atoms with Crippen molar-refractivity contribution in [3.8, 4) is 0 Å². The van der Waals surface area contributed by atoms with E-state index in [1.807, 2.05) is 0 Å². The number of benzene rings is 1. The SMILES string of the molecule is COC1(CNC(=O)NCC(C)(O)c2ccc(F)cc2F)CCC1.